The van der Waals surface area contributed by atoms with E-state index in [2.05, 4.69) is 5.10 Å². The van der Waals surface area contributed by atoms with Crippen LogP contribution >= 0.6 is 0 Å². The van der Waals surface area contributed by atoms with Gasteiger partial charge in [0.25, 0.3) is 5.91 Å². The first kappa shape index (κ1) is 17.9. The zero-order chi connectivity index (χ0) is 18.9. The van der Waals surface area contributed by atoms with E-state index in [1.807, 2.05) is 6.07 Å². The van der Waals surface area contributed by atoms with E-state index >= 15 is 0 Å². The lowest BCUT2D eigenvalue weighted by Gasteiger charge is -2.21. The number of carboxylic acids is 1. The van der Waals surface area contributed by atoms with Gasteiger partial charge in [-0.3, -0.25) is 14.6 Å². The van der Waals surface area contributed by atoms with Crippen LogP contribution in [0.3, 0.4) is 0 Å². The molecule has 1 fully saturated rings. The van der Waals surface area contributed by atoms with Crippen molar-refractivity contribution in [2.75, 3.05) is 25.2 Å². The number of anilines is 1. The second-order valence-corrected chi connectivity index (χ2v) is 6.81. The normalized spacial score (nSPS) is 25.2. The van der Waals surface area contributed by atoms with Gasteiger partial charge >= 0.3 is 11.9 Å². The van der Waals surface area contributed by atoms with Crippen molar-refractivity contribution < 1.29 is 24.2 Å². The molecule has 8 heteroatoms. The molecule has 2 atom stereocenters. The number of nitrogens with zero attached hydrogens (tertiary/aromatic N) is 3. The number of amides is 1. The fourth-order valence-electron chi connectivity index (χ4n) is 3.38. The van der Waals surface area contributed by atoms with Gasteiger partial charge in [0.05, 0.1) is 18.2 Å². The van der Waals surface area contributed by atoms with E-state index in [9.17, 15) is 19.5 Å². The van der Waals surface area contributed by atoms with Crippen LogP contribution in [0.4, 0.5) is 5.69 Å². The van der Waals surface area contributed by atoms with Gasteiger partial charge in [-0.2, -0.15) is 5.10 Å². The molecule has 26 heavy (non-hydrogen) atoms. The number of rotatable bonds is 4. The second-order valence-electron chi connectivity index (χ2n) is 6.81. The summed E-state index contributed by atoms with van der Waals surface area (Å²) in [4.78, 5) is 37.9. The van der Waals surface area contributed by atoms with Crippen LogP contribution in [0.2, 0.25) is 0 Å². The summed E-state index contributed by atoms with van der Waals surface area (Å²) >= 11 is 0. The Bertz CT molecular complexity index is 763. The number of hydrogen-bond donors (Lipinski definition) is 1. The van der Waals surface area contributed by atoms with Crippen molar-refractivity contribution in [3.63, 3.8) is 0 Å². The number of benzene rings is 1. The van der Waals surface area contributed by atoms with E-state index in [-0.39, 0.29) is 30.6 Å². The zero-order valence-corrected chi connectivity index (χ0v) is 14.7. The molecule has 2 unspecified atom stereocenters. The summed E-state index contributed by atoms with van der Waals surface area (Å²) in [5, 5.41) is 15.1. The highest BCUT2D eigenvalue weighted by Crippen LogP contribution is 2.32. The lowest BCUT2D eigenvalue weighted by atomic mass is 9.90. The van der Waals surface area contributed by atoms with Crippen LogP contribution in [0.15, 0.2) is 35.4 Å². The summed E-state index contributed by atoms with van der Waals surface area (Å²) in [5.41, 5.74) is 0.0633. The number of carbonyl (C=O) groups excluding carboxylic acids is 2. The average Bonchev–Trinajstić information content (AvgIpc) is 3.26. The summed E-state index contributed by atoms with van der Waals surface area (Å²) in [6, 6.07) is 7.96. The Balaban J connectivity index is 1.80. The lowest BCUT2D eigenvalue weighted by Crippen LogP contribution is -2.39. The molecule has 3 rings (SSSR count). The van der Waals surface area contributed by atoms with Crippen LogP contribution in [-0.4, -0.2) is 59.8 Å². The van der Waals surface area contributed by atoms with E-state index in [0.717, 1.165) is 0 Å². The van der Waals surface area contributed by atoms with E-state index in [4.69, 9.17) is 4.74 Å². The largest absolute Gasteiger partial charge is 0.480 e. The van der Waals surface area contributed by atoms with E-state index < -0.39 is 17.4 Å². The standard InChI is InChI=1S/C18H21N3O5/c1-18(17(25)26-2)8-9-20(11-18)15(22)13-10-14(16(23)24)21(19-13)12-6-4-3-5-7-12/h3-7,14H,8-11H2,1-2H3,(H,23,24). The summed E-state index contributed by atoms with van der Waals surface area (Å²) in [6.45, 7) is 2.41. The molecule has 0 saturated carbocycles. The van der Waals surface area contributed by atoms with Crippen molar-refractivity contribution in [3.8, 4) is 0 Å². The topological polar surface area (TPSA) is 99.5 Å². The first-order chi connectivity index (χ1) is 12.4. The fourth-order valence-corrected chi connectivity index (χ4v) is 3.38. The maximum absolute atomic E-state index is 12.8. The van der Waals surface area contributed by atoms with Gasteiger partial charge in [-0.25, -0.2) is 4.79 Å². The molecule has 2 heterocycles. The highest BCUT2D eigenvalue weighted by atomic mass is 16.5. The van der Waals surface area contributed by atoms with Gasteiger partial charge in [0.1, 0.15) is 5.71 Å². The van der Waals surface area contributed by atoms with Gasteiger partial charge in [-0.15, -0.1) is 0 Å². The number of likely N-dealkylation sites (tertiary alicyclic amines) is 1. The number of aliphatic carboxylic acids is 1. The van der Waals surface area contributed by atoms with Gasteiger partial charge in [-0.05, 0) is 25.5 Å². The van der Waals surface area contributed by atoms with Crippen LogP contribution in [-0.2, 0) is 19.1 Å². The summed E-state index contributed by atoms with van der Waals surface area (Å²) in [5.74, 6) is -1.72. The van der Waals surface area contributed by atoms with Gasteiger partial charge < -0.3 is 14.7 Å². The van der Waals surface area contributed by atoms with Gasteiger partial charge in [0.15, 0.2) is 6.04 Å². The van der Waals surface area contributed by atoms with E-state index in [1.54, 1.807) is 36.1 Å². The maximum atomic E-state index is 12.8. The Hall–Kier alpha value is -2.90. The molecule has 2 aliphatic heterocycles. The Morgan fingerprint density at radius 3 is 2.58 bits per heavy atom. The summed E-state index contributed by atoms with van der Waals surface area (Å²) in [7, 11) is 1.33. The Morgan fingerprint density at radius 2 is 1.96 bits per heavy atom. The summed E-state index contributed by atoms with van der Waals surface area (Å²) in [6.07, 6.45) is 0.526. The van der Waals surface area contributed by atoms with Crippen molar-refractivity contribution >= 4 is 29.2 Å². The van der Waals surface area contributed by atoms with Gasteiger partial charge in [0.2, 0.25) is 0 Å². The molecule has 8 nitrogen and oxygen atoms in total. The van der Waals surface area contributed by atoms with Crippen molar-refractivity contribution in [1.82, 2.24) is 4.90 Å². The molecule has 1 aromatic rings. The number of hydrazone groups is 1. The van der Waals surface area contributed by atoms with E-state index in [0.29, 0.717) is 18.7 Å². The third-order valence-corrected chi connectivity index (χ3v) is 4.90. The number of ether oxygens (including phenoxy) is 1. The molecule has 1 N–H and O–H groups in total. The average molecular weight is 359 g/mol. The smallest absolute Gasteiger partial charge is 0.328 e. The highest BCUT2D eigenvalue weighted by molar-refractivity contribution is 6.40. The first-order valence-corrected chi connectivity index (χ1v) is 8.38. The van der Waals surface area contributed by atoms with Crippen molar-refractivity contribution in [2.45, 2.75) is 25.8 Å². The molecule has 0 bridgehead atoms. The molecule has 1 saturated heterocycles. The predicted octanol–water partition coefficient (Wildman–Crippen LogP) is 1.12. The fraction of sp³-hybridized carbons (Fsp3) is 0.444. The third-order valence-electron chi connectivity index (χ3n) is 4.90. The second kappa shape index (κ2) is 6.78. The van der Waals surface area contributed by atoms with Crippen LogP contribution in [0.25, 0.3) is 0 Å². The minimum absolute atomic E-state index is 0.0223. The molecular formula is C18H21N3O5. The SMILES string of the molecule is COC(=O)C1(C)CCN(C(=O)C2=NN(c3ccccc3)C(C(=O)O)C2)C1. The Labute approximate surface area is 151 Å². The molecule has 0 aromatic heterocycles. The Morgan fingerprint density at radius 1 is 1.27 bits per heavy atom. The molecule has 2 aliphatic rings. The quantitative estimate of drug-likeness (QED) is 0.809. The van der Waals surface area contributed by atoms with Gasteiger partial charge in [0, 0.05) is 19.5 Å². The molecule has 138 valence electrons. The molecule has 1 aromatic carbocycles. The minimum atomic E-state index is -1.04. The zero-order valence-electron chi connectivity index (χ0n) is 14.7. The monoisotopic (exact) mass is 359 g/mol. The molecule has 0 aliphatic carbocycles. The molecular weight excluding hydrogens is 338 g/mol. The minimum Gasteiger partial charge on any atom is -0.480 e. The van der Waals surface area contributed by atoms with Crippen molar-refractivity contribution in [1.29, 1.82) is 0 Å². The predicted molar refractivity (Wildman–Crippen MR) is 93.7 cm³/mol. The highest BCUT2D eigenvalue weighted by Gasteiger charge is 2.45. The van der Waals surface area contributed by atoms with Crippen LogP contribution < -0.4 is 5.01 Å². The van der Waals surface area contributed by atoms with E-state index in [1.165, 1.54) is 12.1 Å². The van der Waals surface area contributed by atoms with Crippen LogP contribution in [0, 0.1) is 5.41 Å². The number of carbonyl (C=O) groups is 3. The third kappa shape index (κ3) is 3.14. The Kier molecular flexibility index (Phi) is 4.67. The number of esters is 1. The first-order valence-electron chi connectivity index (χ1n) is 8.38. The van der Waals surface area contributed by atoms with Crippen LogP contribution in [0.1, 0.15) is 19.8 Å². The maximum Gasteiger partial charge on any atom is 0.328 e. The van der Waals surface area contributed by atoms with Crippen molar-refractivity contribution in [2.24, 2.45) is 10.5 Å². The number of hydrogen-bond acceptors (Lipinski definition) is 6. The summed E-state index contributed by atoms with van der Waals surface area (Å²) < 4.78 is 4.82. The van der Waals surface area contributed by atoms with Crippen molar-refractivity contribution in [3.05, 3.63) is 30.3 Å². The molecule has 1 amide bonds. The molecule has 0 radical (unpaired) electrons. The number of para-hydroxylation sites is 1. The van der Waals surface area contributed by atoms with Gasteiger partial charge in [-0.1, -0.05) is 18.2 Å². The lowest BCUT2D eigenvalue weighted by molar-refractivity contribution is -0.151. The van der Waals surface area contributed by atoms with Crippen LogP contribution in [0.5, 0.6) is 0 Å². The molecule has 0 spiro atoms. The number of carboxylic acid groups (broad SMARTS) is 1. The number of methoxy groups -OCH3 is 1.